The molecule has 1 aliphatic carbocycles. The highest BCUT2D eigenvalue weighted by atomic mass is 16.6. The van der Waals surface area contributed by atoms with E-state index in [0.717, 1.165) is 38.3 Å². The molecule has 2 saturated heterocycles. The molecule has 2 unspecified atom stereocenters. The molecule has 1 N–H and O–H groups in total. The number of nitrogens with zero attached hydrogens (tertiary/aromatic N) is 2. The number of piperidine rings is 1. The number of nitrogens with one attached hydrogen (secondary N) is 1. The molecule has 138 valence electrons. The minimum atomic E-state index is -0.433. The van der Waals surface area contributed by atoms with E-state index in [1.807, 2.05) is 25.7 Å². The quantitative estimate of drug-likeness (QED) is 0.733. The monoisotopic (exact) mass is 345 g/mol. The number of rotatable bonds is 0. The standard InChI is InChI=1S/C20H31N3O2/c1-12-14-10-15-17(22-16(12)13(14)2)21-11-20(15)6-8-23(9-7-20)18(24)25-19(3,4)5/h10,12-14,16H,6-9,11H2,1-5H3,(H,21,22). The molecule has 2 atom stereocenters. The van der Waals surface area contributed by atoms with Crippen LogP contribution in [0.15, 0.2) is 16.6 Å². The summed E-state index contributed by atoms with van der Waals surface area (Å²) in [7, 11) is 0. The molecule has 0 aromatic heterocycles. The van der Waals surface area contributed by atoms with Crippen molar-refractivity contribution in [1.29, 1.82) is 0 Å². The maximum absolute atomic E-state index is 12.3. The van der Waals surface area contributed by atoms with Crippen LogP contribution in [0.25, 0.3) is 0 Å². The van der Waals surface area contributed by atoms with E-state index >= 15 is 0 Å². The van der Waals surface area contributed by atoms with Crippen molar-refractivity contribution in [3.8, 4) is 0 Å². The molecular weight excluding hydrogens is 314 g/mol. The number of carbonyl (C=O) groups excluding carboxylic acids is 1. The third kappa shape index (κ3) is 2.67. The molecule has 3 fully saturated rings. The minimum Gasteiger partial charge on any atom is -0.444 e. The highest BCUT2D eigenvalue weighted by Crippen LogP contribution is 2.51. The van der Waals surface area contributed by atoms with Crippen molar-refractivity contribution < 1.29 is 9.53 Å². The van der Waals surface area contributed by atoms with E-state index in [1.54, 1.807) is 0 Å². The molecule has 25 heavy (non-hydrogen) atoms. The smallest absolute Gasteiger partial charge is 0.410 e. The van der Waals surface area contributed by atoms with E-state index in [2.05, 4.69) is 25.2 Å². The zero-order valence-electron chi connectivity index (χ0n) is 16.1. The molecule has 2 bridgehead atoms. The number of amides is 1. The number of amidine groups is 1. The van der Waals surface area contributed by atoms with Crippen LogP contribution in [0.3, 0.4) is 0 Å². The van der Waals surface area contributed by atoms with Gasteiger partial charge in [-0.1, -0.05) is 19.9 Å². The third-order valence-corrected chi connectivity index (χ3v) is 6.72. The Hall–Kier alpha value is -1.52. The van der Waals surface area contributed by atoms with E-state index < -0.39 is 5.60 Å². The lowest BCUT2D eigenvalue weighted by atomic mass is 9.61. The summed E-state index contributed by atoms with van der Waals surface area (Å²) in [4.78, 5) is 19.3. The van der Waals surface area contributed by atoms with Crippen LogP contribution in [0.1, 0.15) is 47.5 Å². The van der Waals surface area contributed by atoms with Gasteiger partial charge in [-0.25, -0.2) is 4.79 Å². The molecule has 0 radical (unpaired) electrons. The summed E-state index contributed by atoms with van der Waals surface area (Å²) in [5.74, 6) is 3.10. The predicted molar refractivity (Wildman–Crippen MR) is 98.6 cm³/mol. The molecular formula is C20H31N3O2. The topological polar surface area (TPSA) is 53.9 Å². The Morgan fingerprint density at radius 3 is 2.52 bits per heavy atom. The molecule has 5 rings (SSSR count). The molecule has 0 aromatic carbocycles. The molecule has 4 heterocycles. The van der Waals surface area contributed by atoms with Gasteiger partial charge in [-0.2, -0.15) is 0 Å². The van der Waals surface area contributed by atoms with E-state index in [0.29, 0.717) is 23.8 Å². The number of carbonyl (C=O) groups is 1. The largest absolute Gasteiger partial charge is 0.444 e. The average molecular weight is 345 g/mol. The predicted octanol–water partition coefficient (Wildman–Crippen LogP) is 3.22. The summed E-state index contributed by atoms with van der Waals surface area (Å²) in [6.07, 6.45) is 4.32. The molecule has 5 nitrogen and oxygen atoms in total. The van der Waals surface area contributed by atoms with Gasteiger partial charge in [-0.05, 0) is 56.9 Å². The Morgan fingerprint density at radius 1 is 1.28 bits per heavy atom. The Bertz CT molecular complexity index is 628. The van der Waals surface area contributed by atoms with Crippen molar-refractivity contribution in [2.75, 3.05) is 19.6 Å². The maximum Gasteiger partial charge on any atom is 0.410 e. The summed E-state index contributed by atoms with van der Waals surface area (Å²) in [6.45, 7) is 12.9. The zero-order valence-corrected chi connectivity index (χ0v) is 16.1. The molecule has 1 saturated carbocycles. The normalized spacial score (nSPS) is 35.8. The first-order chi connectivity index (χ1) is 11.7. The van der Waals surface area contributed by atoms with Crippen molar-refractivity contribution in [2.24, 2.45) is 28.2 Å². The van der Waals surface area contributed by atoms with Crippen molar-refractivity contribution >= 4 is 11.9 Å². The Balaban J connectivity index is 1.49. The Kier molecular flexibility index (Phi) is 3.71. The van der Waals surface area contributed by atoms with Crippen LogP contribution >= 0.6 is 0 Å². The number of allylic oxidation sites excluding steroid dienone is 1. The van der Waals surface area contributed by atoms with Crippen LogP contribution in [0.4, 0.5) is 4.79 Å². The fourth-order valence-corrected chi connectivity index (χ4v) is 5.10. The lowest BCUT2D eigenvalue weighted by Crippen LogP contribution is -2.47. The molecule has 0 aromatic rings. The highest BCUT2D eigenvalue weighted by Gasteiger charge is 2.52. The van der Waals surface area contributed by atoms with Gasteiger partial charge >= 0.3 is 6.09 Å². The van der Waals surface area contributed by atoms with Crippen LogP contribution in [0, 0.1) is 23.2 Å². The summed E-state index contributed by atoms with van der Waals surface area (Å²) in [6, 6.07) is 0.471. The highest BCUT2D eigenvalue weighted by molar-refractivity contribution is 6.02. The molecule has 5 aliphatic rings. The second-order valence-electron chi connectivity index (χ2n) is 9.45. The van der Waals surface area contributed by atoms with E-state index in [9.17, 15) is 4.79 Å². The van der Waals surface area contributed by atoms with Gasteiger partial charge in [0.05, 0.1) is 6.04 Å². The van der Waals surface area contributed by atoms with Gasteiger partial charge in [-0.3, -0.25) is 4.99 Å². The minimum absolute atomic E-state index is 0.147. The third-order valence-electron chi connectivity index (χ3n) is 6.72. The van der Waals surface area contributed by atoms with Crippen LogP contribution in [0.2, 0.25) is 0 Å². The summed E-state index contributed by atoms with van der Waals surface area (Å²) in [5.41, 5.74) is 1.15. The van der Waals surface area contributed by atoms with Crippen molar-refractivity contribution in [2.45, 2.75) is 59.1 Å². The number of aliphatic imine (C=N–C) groups is 1. The molecule has 5 heteroatoms. The van der Waals surface area contributed by atoms with Crippen molar-refractivity contribution in [3.63, 3.8) is 0 Å². The van der Waals surface area contributed by atoms with Crippen LogP contribution in [0.5, 0.6) is 0 Å². The van der Waals surface area contributed by atoms with E-state index in [1.165, 1.54) is 5.57 Å². The van der Waals surface area contributed by atoms with Gasteiger partial charge in [-0.15, -0.1) is 0 Å². The zero-order chi connectivity index (χ0) is 18.0. The fourth-order valence-electron chi connectivity index (χ4n) is 5.10. The number of likely N-dealkylation sites (tertiary alicyclic amines) is 1. The molecule has 4 aliphatic heterocycles. The van der Waals surface area contributed by atoms with Gasteiger partial charge in [0.1, 0.15) is 11.4 Å². The average Bonchev–Trinajstić information content (AvgIpc) is 2.68. The first-order valence-corrected chi connectivity index (χ1v) is 9.72. The first-order valence-electron chi connectivity index (χ1n) is 9.72. The Labute approximate surface area is 150 Å². The second kappa shape index (κ2) is 5.49. The first kappa shape index (κ1) is 16.9. The van der Waals surface area contributed by atoms with Gasteiger partial charge in [0.15, 0.2) is 0 Å². The van der Waals surface area contributed by atoms with Crippen molar-refractivity contribution in [1.82, 2.24) is 10.2 Å². The number of hydrogen-bond acceptors (Lipinski definition) is 4. The van der Waals surface area contributed by atoms with E-state index in [-0.39, 0.29) is 11.5 Å². The van der Waals surface area contributed by atoms with Crippen molar-refractivity contribution in [3.05, 3.63) is 11.6 Å². The fraction of sp³-hybridized carbons (Fsp3) is 0.800. The lowest BCUT2D eigenvalue weighted by Gasteiger charge is -2.45. The van der Waals surface area contributed by atoms with Gasteiger partial charge in [0.25, 0.3) is 0 Å². The number of hydrogen-bond donors (Lipinski definition) is 1. The number of ether oxygens (including phenoxy) is 1. The van der Waals surface area contributed by atoms with Gasteiger partial charge < -0.3 is 15.0 Å². The second-order valence-corrected chi connectivity index (χ2v) is 9.45. The van der Waals surface area contributed by atoms with Gasteiger partial charge in [0, 0.05) is 25.0 Å². The summed E-state index contributed by atoms with van der Waals surface area (Å²) < 4.78 is 5.54. The van der Waals surface area contributed by atoms with Crippen LogP contribution in [-0.2, 0) is 4.74 Å². The summed E-state index contributed by atoms with van der Waals surface area (Å²) >= 11 is 0. The SMILES string of the molecule is CC1C2C=C3C(=NC1C2C)NCC31CCN(C(=O)OC(C)(C)C)CC1. The summed E-state index contributed by atoms with van der Waals surface area (Å²) in [5, 5.41) is 3.59. The Morgan fingerprint density at radius 2 is 1.92 bits per heavy atom. The maximum atomic E-state index is 12.3. The molecule has 1 spiro atoms. The molecule has 1 amide bonds. The van der Waals surface area contributed by atoms with Gasteiger partial charge in [0.2, 0.25) is 0 Å². The lowest BCUT2D eigenvalue weighted by molar-refractivity contribution is 0.0146. The van der Waals surface area contributed by atoms with E-state index in [4.69, 9.17) is 9.73 Å². The van der Waals surface area contributed by atoms with Crippen LogP contribution in [-0.4, -0.2) is 48.1 Å². The van der Waals surface area contributed by atoms with Crippen LogP contribution < -0.4 is 5.32 Å².